The summed E-state index contributed by atoms with van der Waals surface area (Å²) in [6, 6.07) is 0.577. The predicted molar refractivity (Wildman–Crippen MR) is 54.9 cm³/mol. The summed E-state index contributed by atoms with van der Waals surface area (Å²) in [6.45, 7) is 3.68. The molecule has 2 nitrogen and oxygen atoms in total. The monoisotopic (exact) mass is 267 g/mol. The van der Waals surface area contributed by atoms with Crippen LogP contribution < -0.4 is 5.19 Å². The van der Waals surface area contributed by atoms with Gasteiger partial charge >= 0.3 is 9.28 Å². The Hall–Kier alpha value is -0.923. The Balaban J connectivity index is 3.18. The van der Waals surface area contributed by atoms with Crippen molar-refractivity contribution in [3.05, 3.63) is 29.3 Å². The van der Waals surface area contributed by atoms with Gasteiger partial charge in [0.25, 0.3) is 0 Å². The maximum atomic E-state index is 13.4. The Bertz CT molecular complexity index is 394. The van der Waals surface area contributed by atoms with Crippen LogP contribution in [0.15, 0.2) is 6.07 Å². The molecule has 1 aromatic carbocycles. The first-order chi connectivity index (χ1) is 8.02. The summed E-state index contributed by atoms with van der Waals surface area (Å²) in [4.78, 5) is 0. The minimum absolute atomic E-state index is 0.203. The van der Waals surface area contributed by atoms with Gasteiger partial charge in [0.15, 0.2) is 23.3 Å². The van der Waals surface area contributed by atoms with Crippen molar-refractivity contribution in [2.24, 2.45) is 0 Å². The third-order valence-corrected chi connectivity index (χ3v) is 3.78. The molecule has 0 spiro atoms. The van der Waals surface area contributed by atoms with Crippen LogP contribution in [0.4, 0.5) is 17.6 Å². The first-order valence-electron chi connectivity index (χ1n) is 4.98. The fraction of sp³-hybridized carbons (Fsp3) is 0.400. The standard InChI is InChI=1S/C10H11F4O2Si/c1-3-15-17(16-4-2)7-5-6(11)8(12)10(14)9(7)13/h5H,3-4H2,1-2H3. The van der Waals surface area contributed by atoms with Crippen molar-refractivity contribution in [1.82, 2.24) is 0 Å². The molecule has 17 heavy (non-hydrogen) atoms. The maximum Gasteiger partial charge on any atom is 0.426 e. The number of halogens is 4. The van der Waals surface area contributed by atoms with E-state index in [0.717, 1.165) is 0 Å². The molecule has 7 heteroatoms. The van der Waals surface area contributed by atoms with Gasteiger partial charge in [0.2, 0.25) is 0 Å². The van der Waals surface area contributed by atoms with Crippen LogP contribution in [0, 0.1) is 23.3 Å². The van der Waals surface area contributed by atoms with Crippen LogP contribution in [0.3, 0.4) is 0 Å². The Morgan fingerprint density at radius 2 is 1.47 bits per heavy atom. The average molecular weight is 267 g/mol. The van der Waals surface area contributed by atoms with Gasteiger partial charge in [-0.25, -0.2) is 17.6 Å². The quantitative estimate of drug-likeness (QED) is 0.352. The van der Waals surface area contributed by atoms with Crippen LogP contribution in [0.1, 0.15) is 13.8 Å². The lowest BCUT2D eigenvalue weighted by Crippen LogP contribution is -2.40. The van der Waals surface area contributed by atoms with Crippen molar-refractivity contribution in [2.75, 3.05) is 13.2 Å². The minimum Gasteiger partial charge on any atom is -0.390 e. The van der Waals surface area contributed by atoms with Crippen LogP contribution in [0.25, 0.3) is 0 Å². The molecule has 0 aliphatic rings. The predicted octanol–water partition coefficient (Wildman–Crippen LogP) is 2.01. The molecule has 0 atom stereocenters. The second-order valence-corrected chi connectivity index (χ2v) is 4.69. The van der Waals surface area contributed by atoms with Gasteiger partial charge in [0, 0.05) is 18.4 Å². The highest BCUT2D eigenvalue weighted by atomic mass is 28.3. The van der Waals surface area contributed by atoms with Crippen molar-refractivity contribution in [1.29, 1.82) is 0 Å². The van der Waals surface area contributed by atoms with Crippen molar-refractivity contribution < 1.29 is 26.4 Å². The van der Waals surface area contributed by atoms with Gasteiger partial charge in [-0.3, -0.25) is 0 Å². The van der Waals surface area contributed by atoms with Crippen LogP contribution in [-0.4, -0.2) is 22.5 Å². The molecule has 1 radical (unpaired) electrons. The maximum absolute atomic E-state index is 13.4. The second-order valence-electron chi connectivity index (χ2n) is 3.00. The first kappa shape index (κ1) is 14.1. The fourth-order valence-electron chi connectivity index (χ4n) is 1.18. The zero-order valence-electron chi connectivity index (χ0n) is 9.32. The SMILES string of the molecule is CCO[Si](OCC)c1cc(F)c(F)c(F)c1F. The molecule has 0 N–H and O–H groups in total. The second kappa shape index (κ2) is 6.13. The van der Waals surface area contributed by atoms with E-state index in [1.807, 2.05) is 0 Å². The highest BCUT2D eigenvalue weighted by Crippen LogP contribution is 2.13. The normalized spacial score (nSPS) is 11.2. The molecule has 0 aromatic heterocycles. The van der Waals surface area contributed by atoms with Gasteiger partial charge < -0.3 is 8.85 Å². The summed E-state index contributed by atoms with van der Waals surface area (Å²) in [7, 11) is -2.34. The zero-order chi connectivity index (χ0) is 13.0. The topological polar surface area (TPSA) is 18.5 Å². The molecule has 0 amide bonds. The highest BCUT2D eigenvalue weighted by molar-refractivity contribution is 6.61. The number of benzene rings is 1. The highest BCUT2D eigenvalue weighted by Gasteiger charge is 2.28. The smallest absolute Gasteiger partial charge is 0.390 e. The zero-order valence-corrected chi connectivity index (χ0v) is 10.3. The van der Waals surface area contributed by atoms with Gasteiger partial charge in [0.1, 0.15) is 0 Å². The molecule has 1 rings (SSSR count). The van der Waals surface area contributed by atoms with Crippen molar-refractivity contribution in [2.45, 2.75) is 13.8 Å². The molecule has 0 unspecified atom stereocenters. The van der Waals surface area contributed by atoms with E-state index in [1.165, 1.54) is 0 Å². The number of hydrogen-bond donors (Lipinski definition) is 0. The van der Waals surface area contributed by atoms with E-state index in [0.29, 0.717) is 6.07 Å². The van der Waals surface area contributed by atoms with E-state index in [-0.39, 0.29) is 13.2 Å². The molecule has 0 bridgehead atoms. The molecule has 0 aliphatic heterocycles. The van der Waals surface area contributed by atoms with Crippen LogP contribution in [-0.2, 0) is 8.85 Å². The molecule has 0 saturated heterocycles. The minimum atomic E-state index is -2.34. The first-order valence-corrected chi connectivity index (χ1v) is 6.30. The molecule has 1 aromatic rings. The van der Waals surface area contributed by atoms with E-state index in [2.05, 4.69) is 0 Å². The van der Waals surface area contributed by atoms with E-state index < -0.39 is 37.7 Å². The summed E-state index contributed by atoms with van der Waals surface area (Å²) in [6.07, 6.45) is 0. The lowest BCUT2D eigenvalue weighted by molar-refractivity contribution is 0.224. The van der Waals surface area contributed by atoms with Gasteiger partial charge in [-0.1, -0.05) is 0 Å². The van der Waals surface area contributed by atoms with Crippen molar-refractivity contribution in [3.8, 4) is 0 Å². The molecule has 0 aliphatic carbocycles. The Kier molecular flexibility index (Phi) is 5.10. The molecular weight excluding hydrogens is 256 g/mol. The van der Waals surface area contributed by atoms with Gasteiger partial charge in [-0.15, -0.1) is 0 Å². The van der Waals surface area contributed by atoms with E-state index in [9.17, 15) is 17.6 Å². The van der Waals surface area contributed by atoms with Crippen molar-refractivity contribution in [3.63, 3.8) is 0 Å². The van der Waals surface area contributed by atoms with Crippen LogP contribution in [0.2, 0.25) is 0 Å². The molecule has 0 fully saturated rings. The van der Waals surface area contributed by atoms with Gasteiger partial charge in [-0.05, 0) is 19.9 Å². The molecule has 0 heterocycles. The largest absolute Gasteiger partial charge is 0.426 e. The molecular formula is C10H11F4O2Si. The third-order valence-electron chi connectivity index (χ3n) is 1.87. The van der Waals surface area contributed by atoms with Crippen LogP contribution >= 0.6 is 0 Å². The lowest BCUT2D eigenvalue weighted by Gasteiger charge is -2.14. The summed E-state index contributed by atoms with van der Waals surface area (Å²) in [5, 5.41) is -0.393. The summed E-state index contributed by atoms with van der Waals surface area (Å²) >= 11 is 0. The third kappa shape index (κ3) is 3.05. The van der Waals surface area contributed by atoms with E-state index in [1.54, 1.807) is 13.8 Å². The Morgan fingerprint density at radius 1 is 0.941 bits per heavy atom. The summed E-state index contributed by atoms with van der Waals surface area (Å²) < 4.78 is 62.3. The fourth-order valence-corrected chi connectivity index (χ4v) is 2.63. The summed E-state index contributed by atoms with van der Waals surface area (Å²) in [5.41, 5.74) is 0. The molecule has 95 valence electrons. The van der Waals surface area contributed by atoms with Crippen LogP contribution in [0.5, 0.6) is 0 Å². The van der Waals surface area contributed by atoms with Crippen molar-refractivity contribution >= 4 is 14.5 Å². The van der Waals surface area contributed by atoms with Gasteiger partial charge in [0.05, 0.1) is 0 Å². The van der Waals surface area contributed by atoms with E-state index in [4.69, 9.17) is 8.85 Å². The molecule has 0 saturated carbocycles. The Labute approximate surface area is 98.0 Å². The average Bonchev–Trinajstić information content (AvgIpc) is 2.31. The number of rotatable bonds is 5. The van der Waals surface area contributed by atoms with Gasteiger partial charge in [-0.2, -0.15) is 0 Å². The Morgan fingerprint density at radius 3 is 1.94 bits per heavy atom. The number of hydrogen-bond acceptors (Lipinski definition) is 2. The van der Waals surface area contributed by atoms with E-state index >= 15 is 0 Å². The lowest BCUT2D eigenvalue weighted by atomic mass is 10.3. The summed E-state index contributed by atoms with van der Waals surface area (Å²) in [5.74, 6) is -6.59.